The Balaban J connectivity index is 3.00. The average Bonchev–Trinajstić information content (AvgIpc) is 2.36. The van der Waals surface area contributed by atoms with Crippen LogP contribution in [0.4, 0.5) is 0 Å². The number of hydrogen-bond donors (Lipinski definition) is 0. The van der Waals surface area contributed by atoms with Gasteiger partial charge in [-0.1, -0.05) is 26.0 Å². The van der Waals surface area contributed by atoms with Crippen molar-refractivity contribution >= 4 is 11.9 Å². The number of benzene rings is 1. The fraction of sp³-hybridized carbons (Fsp3) is 0.429. The highest BCUT2D eigenvalue weighted by molar-refractivity contribution is 5.95. The molecular weight excluding hydrogens is 232 g/mol. The third kappa shape index (κ3) is 3.58. The number of aryl methyl sites for hydroxylation is 1. The van der Waals surface area contributed by atoms with Gasteiger partial charge in [0, 0.05) is 6.42 Å². The molecule has 18 heavy (non-hydrogen) atoms. The van der Waals surface area contributed by atoms with E-state index in [2.05, 4.69) is 0 Å². The largest absolute Gasteiger partial charge is 0.462 e. The summed E-state index contributed by atoms with van der Waals surface area (Å²) in [4.78, 5) is 23.2. The fourth-order valence-corrected chi connectivity index (χ4v) is 1.45. The second-order valence-corrected chi connectivity index (χ2v) is 3.91. The summed E-state index contributed by atoms with van der Waals surface area (Å²) in [6.07, 6.45) is 1.01. The Morgan fingerprint density at radius 3 is 2.56 bits per heavy atom. The molecule has 0 aliphatic carbocycles. The van der Waals surface area contributed by atoms with Crippen molar-refractivity contribution in [1.29, 1.82) is 0 Å². The van der Waals surface area contributed by atoms with E-state index in [1.54, 1.807) is 32.0 Å². The highest BCUT2D eigenvalue weighted by atomic mass is 16.5. The Morgan fingerprint density at radius 2 is 1.94 bits per heavy atom. The molecule has 0 aliphatic rings. The zero-order valence-corrected chi connectivity index (χ0v) is 11.0. The van der Waals surface area contributed by atoms with Gasteiger partial charge in [0.25, 0.3) is 0 Å². The fourth-order valence-electron chi connectivity index (χ4n) is 1.45. The predicted molar refractivity (Wildman–Crippen MR) is 67.7 cm³/mol. The Labute approximate surface area is 107 Å². The lowest BCUT2D eigenvalue weighted by Crippen LogP contribution is -2.13. The van der Waals surface area contributed by atoms with E-state index in [1.807, 2.05) is 6.92 Å². The van der Waals surface area contributed by atoms with Gasteiger partial charge in [-0.25, -0.2) is 4.79 Å². The Hall–Kier alpha value is -1.84. The van der Waals surface area contributed by atoms with Gasteiger partial charge in [0.15, 0.2) is 0 Å². The molecular formula is C14H18O4. The summed E-state index contributed by atoms with van der Waals surface area (Å²) in [7, 11) is 0. The highest BCUT2D eigenvalue weighted by Gasteiger charge is 2.18. The van der Waals surface area contributed by atoms with E-state index in [-0.39, 0.29) is 18.1 Å². The first-order valence-electron chi connectivity index (χ1n) is 6.07. The van der Waals surface area contributed by atoms with Crippen LogP contribution in [0.2, 0.25) is 0 Å². The molecule has 0 heterocycles. The second kappa shape index (κ2) is 6.79. The van der Waals surface area contributed by atoms with Crippen LogP contribution in [0, 0.1) is 6.92 Å². The van der Waals surface area contributed by atoms with Crippen LogP contribution < -0.4 is 4.74 Å². The molecule has 0 N–H and O–H groups in total. The van der Waals surface area contributed by atoms with Crippen LogP contribution in [0.15, 0.2) is 18.2 Å². The standard InChI is InChI=1S/C14H18O4/c1-4-9-17-14(16)13-10(3)7-6-8-11(13)18-12(15)5-2/h6-8H,4-5,9H2,1-3H3. The van der Waals surface area contributed by atoms with Crippen LogP contribution in [-0.2, 0) is 9.53 Å². The lowest BCUT2D eigenvalue weighted by molar-refractivity contribution is -0.134. The molecule has 98 valence electrons. The number of rotatable bonds is 5. The van der Waals surface area contributed by atoms with Crippen molar-refractivity contribution in [2.24, 2.45) is 0 Å². The topological polar surface area (TPSA) is 52.6 Å². The molecule has 0 aliphatic heterocycles. The molecule has 0 amide bonds. The van der Waals surface area contributed by atoms with Gasteiger partial charge >= 0.3 is 11.9 Å². The van der Waals surface area contributed by atoms with E-state index in [9.17, 15) is 9.59 Å². The second-order valence-electron chi connectivity index (χ2n) is 3.91. The van der Waals surface area contributed by atoms with Crippen LogP contribution in [0.3, 0.4) is 0 Å². The number of carbonyl (C=O) groups excluding carboxylic acids is 2. The van der Waals surface area contributed by atoms with Gasteiger partial charge in [0.2, 0.25) is 0 Å². The van der Waals surface area contributed by atoms with Gasteiger partial charge in [0.05, 0.1) is 6.61 Å². The maximum absolute atomic E-state index is 11.9. The molecule has 0 atom stereocenters. The van der Waals surface area contributed by atoms with E-state index < -0.39 is 5.97 Å². The molecule has 4 heteroatoms. The first-order valence-corrected chi connectivity index (χ1v) is 6.07. The molecule has 1 aromatic rings. The minimum atomic E-state index is -0.450. The number of ether oxygens (including phenoxy) is 2. The van der Waals surface area contributed by atoms with Crippen LogP contribution >= 0.6 is 0 Å². The van der Waals surface area contributed by atoms with E-state index >= 15 is 0 Å². The van der Waals surface area contributed by atoms with Crippen LogP contribution in [0.25, 0.3) is 0 Å². The van der Waals surface area contributed by atoms with Crippen molar-refractivity contribution in [2.45, 2.75) is 33.6 Å². The zero-order valence-electron chi connectivity index (χ0n) is 11.0. The van der Waals surface area contributed by atoms with E-state index in [0.717, 1.165) is 12.0 Å². The summed E-state index contributed by atoms with van der Waals surface area (Å²) in [6, 6.07) is 5.12. The summed E-state index contributed by atoms with van der Waals surface area (Å²) in [5, 5.41) is 0. The molecule has 0 aromatic heterocycles. The summed E-state index contributed by atoms with van der Waals surface area (Å²) in [5.41, 5.74) is 1.06. The molecule has 0 saturated heterocycles. The first kappa shape index (κ1) is 14.2. The lowest BCUT2D eigenvalue weighted by atomic mass is 10.1. The Bertz CT molecular complexity index is 437. The quantitative estimate of drug-likeness (QED) is 0.595. The van der Waals surface area contributed by atoms with Gasteiger partial charge in [-0.2, -0.15) is 0 Å². The van der Waals surface area contributed by atoms with Crippen molar-refractivity contribution in [3.63, 3.8) is 0 Å². The van der Waals surface area contributed by atoms with Gasteiger partial charge in [-0.05, 0) is 25.0 Å². The van der Waals surface area contributed by atoms with Crippen molar-refractivity contribution in [2.75, 3.05) is 6.61 Å². The maximum atomic E-state index is 11.9. The zero-order chi connectivity index (χ0) is 13.5. The molecule has 0 unspecified atom stereocenters. The van der Waals surface area contributed by atoms with Crippen molar-refractivity contribution in [3.05, 3.63) is 29.3 Å². The Kier molecular flexibility index (Phi) is 5.36. The third-order valence-electron chi connectivity index (χ3n) is 2.39. The van der Waals surface area contributed by atoms with Crippen LogP contribution in [-0.4, -0.2) is 18.5 Å². The highest BCUT2D eigenvalue weighted by Crippen LogP contribution is 2.23. The minimum absolute atomic E-state index is 0.261. The van der Waals surface area contributed by atoms with Crippen LogP contribution in [0.5, 0.6) is 5.75 Å². The van der Waals surface area contributed by atoms with Gasteiger partial charge < -0.3 is 9.47 Å². The predicted octanol–water partition coefficient (Wildman–Crippen LogP) is 2.88. The number of carbonyl (C=O) groups is 2. The van der Waals surface area contributed by atoms with Crippen LogP contribution in [0.1, 0.15) is 42.6 Å². The normalized spacial score (nSPS) is 9.94. The molecule has 0 bridgehead atoms. The molecule has 1 aromatic carbocycles. The maximum Gasteiger partial charge on any atom is 0.342 e. The smallest absolute Gasteiger partial charge is 0.342 e. The lowest BCUT2D eigenvalue weighted by Gasteiger charge is -2.11. The monoisotopic (exact) mass is 250 g/mol. The molecule has 0 saturated carbocycles. The van der Waals surface area contributed by atoms with Crippen molar-refractivity contribution < 1.29 is 19.1 Å². The van der Waals surface area contributed by atoms with Gasteiger partial charge in [-0.15, -0.1) is 0 Å². The number of hydrogen-bond acceptors (Lipinski definition) is 4. The first-order chi connectivity index (χ1) is 8.60. The summed E-state index contributed by atoms with van der Waals surface area (Å²) < 4.78 is 10.2. The summed E-state index contributed by atoms with van der Waals surface area (Å²) in [5.74, 6) is -0.554. The summed E-state index contributed by atoms with van der Waals surface area (Å²) in [6.45, 7) is 5.76. The molecule has 0 spiro atoms. The molecule has 0 fully saturated rings. The van der Waals surface area contributed by atoms with E-state index in [1.165, 1.54) is 0 Å². The SMILES string of the molecule is CCCOC(=O)c1c(C)cccc1OC(=O)CC. The third-order valence-corrected chi connectivity index (χ3v) is 2.39. The van der Waals surface area contributed by atoms with Gasteiger partial charge in [-0.3, -0.25) is 4.79 Å². The summed E-state index contributed by atoms with van der Waals surface area (Å²) >= 11 is 0. The molecule has 0 radical (unpaired) electrons. The molecule has 4 nitrogen and oxygen atoms in total. The minimum Gasteiger partial charge on any atom is -0.462 e. The van der Waals surface area contributed by atoms with E-state index in [4.69, 9.17) is 9.47 Å². The van der Waals surface area contributed by atoms with E-state index in [0.29, 0.717) is 12.2 Å². The van der Waals surface area contributed by atoms with Gasteiger partial charge in [0.1, 0.15) is 11.3 Å². The van der Waals surface area contributed by atoms with Crippen molar-refractivity contribution in [1.82, 2.24) is 0 Å². The van der Waals surface area contributed by atoms with Crippen molar-refractivity contribution in [3.8, 4) is 5.75 Å². The average molecular weight is 250 g/mol. The molecule has 1 rings (SSSR count). The Morgan fingerprint density at radius 1 is 1.22 bits per heavy atom. The number of esters is 2.